The van der Waals surface area contributed by atoms with Crippen molar-refractivity contribution in [1.29, 1.82) is 0 Å². The number of ether oxygens (including phenoxy) is 3. The largest absolute Gasteiger partial charge is 0.402 e. The van der Waals surface area contributed by atoms with Crippen molar-refractivity contribution in [2.75, 3.05) is 0 Å². The van der Waals surface area contributed by atoms with E-state index in [9.17, 15) is 14.4 Å². The molecule has 0 saturated carbocycles. The van der Waals surface area contributed by atoms with Crippen molar-refractivity contribution in [3.05, 3.63) is 196 Å². The monoisotopic (exact) mass is 741 g/mol. The van der Waals surface area contributed by atoms with Crippen LogP contribution in [0.15, 0.2) is 178 Å². The Bertz CT molecular complexity index is 2750. The standard InChI is InChI=1S/C48H27N3O6/c52-46-40(25-31-16-7-13-28-10-1-4-19-37(28)31)49-43(55-46)34-22-35(44-50-41(47(53)56-44)26-32-17-8-14-29-11-2-5-20-38(29)32)24-36(23-34)45-51-42(48(54)57-45)27-33-18-9-15-30-12-3-6-21-39(30)33/h1-27H/b40-25-,41-26+,42-27+. The second-order valence-corrected chi connectivity index (χ2v) is 13.5. The van der Waals surface area contributed by atoms with E-state index in [0.717, 1.165) is 49.0 Å². The van der Waals surface area contributed by atoms with Crippen LogP contribution in [-0.2, 0) is 28.6 Å². The average Bonchev–Trinajstić information content (AvgIpc) is 3.93. The fraction of sp³-hybridized carbons (Fsp3) is 0. The van der Waals surface area contributed by atoms with Crippen LogP contribution in [0.2, 0.25) is 0 Å². The van der Waals surface area contributed by atoms with Crippen molar-refractivity contribution in [3.8, 4) is 0 Å². The molecule has 0 fully saturated rings. The van der Waals surface area contributed by atoms with Crippen molar-refractivity contribution in [2.24, 2.45) is 15.0 Å². The van der Waals surface area contributed by atoms with E-state index in [0.29, 0.717) is 16.7 Å². The quantitative estimate of drug-likeness (QED) is 0.0954. The summed E-state index contributed by atoms with van der Waals surface area (Å²) >= 11 is 0. The first-order chi connectivity index (χ1) is 27.9. The summed E-state index contributed by atoms with van der Waals surface area (Å²) in [6, 6.07) is 45.9. The van der Waals surface area contributed by atoms with Crippen LogP contribution >= 0.6 is 0 Å². The summed E-state index contributed by atoms with van der Waals surface area (Å²) in [6.07, 6.45) is 5.05. The summed E-state index contributed by atoms with van der Waals surface area (Å²) in [7, 11) is 0. The Labute approximate surface area is 324 Å². The van der Waals surface area contributed by atoms with E-state index in [1.165, 1.54) is 0 Å². The maximum Gasteiger partial charge on any atom is 0.363 e. The van der Waals surface area contributed by atoms with Gasteiger partial charge in [-0.05, 0) is 85.4 Å². The first kappa shape index (κ1) is 33.5. The van der Waals surface area contributed by atoms with Gasteiger partial charge in [0.1, 0.15) is 0 Å². The molecule has 0 spiro atoms. The third-order valence-corrected chi connectivity index (χ3v) is 9.88. The highest BCUT2D eigenvalue weighted by Crippen LogP contribution is 2.30. The van der Waals surface area contributed by atoms with E-state index >= 15 is 0 Å². The fourth-order valence-electron chi connectivity index (χ4n) is 7.17. The van der Waals surface area contributed by atoms with Crippen molar-refractivity contribution in [2.45, 2.75) is 0 Å². The smallest absolute Gasteiger partial charge is 0.363 e. The summed E-state index contributed by atoms with van der Waals surface area (Å²) in [5.74, 6) is -1.91. The molecule has 0 amide bonds. The molecular formula is C48H27N3O6. The number of benzene rings is 7. The third kappa shape index (κ3) is 6.29. The topological polar surface area (TPSA) is 116 Å². The highest BCUT2D eigenvalue weighted by molar-refractivity contribution is 6.19. The number of esters is 3. The second-order valence-electron chi connectivity index (χ2n) is 13.5. The number of cyclic esters (lactones) is 3. The molecule has 10 rings (SSSR count). The number of nitrogens with zero attached hydrogens (tertiary/aromatic N) is 3. The highest BCUT2D eigenvalue weighted by atomic mass is 16.6. The Hall–Kier alpha value is -8.04. The minimum Gasteiger partial charge on any atom is -0.402 e. The zero-order valence-electron chi connectivity index (χ0n) is 29.9. The van der Waals surface area contributed by atoms with Gasteiger partial charge in [0.2, 0.25) is 17.7 Å². The minimum absolute atomic E-state index is 0.00229. The molecule has 57 heavy (non-hydrogen) atoms. The third-order valence-electron chi connectivity index (χ3n) is 9.88. The molecule has 0 aliphatic carbocycles. The first-order valence-corrected chi connectivity index (χ1v) is 18.1. The lowest BCUT2D eigenvalue weighted by Gasteiger charge is -2.08. The number of rotatable bonds is 6. The molecule has 0 bridgehead atoms. The molecule has 3 aliphatic heterocycles. The molecule has 9 heteroatoms. The summed E-state index contributed by atoms with van der Waals surface area (Å²) in [6.45, 7) is 0. The molecule has 0 aromatic heterocycles. The lowest BCUT2D eigenvalue weighted by Crippen LogP contribution is -2.13. The van der Waals surface area contributed by atoms with E-state index in [-0.39, 0.29) is 34.8 Å². The number of carbonyl (C=O) groups is 3. The summed E-state index contributed by atoms with van der Waals surface area (Å²) in [4.78, 5) is 53.6. The van der Waals surface area contributed by atoms with Gasteiger partial charge in [-0.15, -0.1) is 0 Å². The second kappa shape index (κ2) is 13.7. The van der Waals surface area contributed by atoms with Crippen LogP contribution in [0.4, 0.5) is 0 Å². The van der Waals surface area contributed by atoms with Crippen molar-refractivity contribution >= 4 is 86.1 Å². The minimum atomic E-state index is -0.639. The van der Waals surface area contributed by atoms with Gasteiger partial charge in [0, 0.05) is 16.7 Å². The normalized spacial score (nSPS) is 17.4. The van der Waals surface area contributed by atoms with Crippen molar-refractivity contribution in [1.82, 2.24) is 0 Å². The van der Waals surface area contributed by atoms with E-state index in [4.69, 9.17) is 14.2 Å². The molecule has 7 aromatic carbocycles. The SMILES string of the molecule is O=C1OC(c2cc(C3=N/C(=C/c4cccc5ccccc45)C(=O)O3)cc(C3=N/C(=C/c4cccc5ccccc45)C(=O)O3)c2)=N/C1=C\c1cccc2ccccc12. The average molecular weight is 742 g/mol. The molecule has 7 aromatic rings. The van der Waals surface area contributed by atoms with E-state index in [2.05, 4.69) is 15.0 Å². The van der Waals surface area contributed by atoms with Gasteiger partial charge in [-0.3, -0.25) is 0 Å². The van der Waals surface area contributed by atoms with Crippen LogP contribution < -0.4 is 0 Å². The first-order valence-electron chi connectivity index (χ1n) is 18.1. The van der Waals surface area contributed by atoms with Crippen LogP contribution in [0.25, 0.3) is 50.5 Å². The van der Waals surface area contributed by atoms with E-state index < -0.39 is 17.9 Å². The number of hydrogen-bond donors (Lipinski definition) is 0. The Morgan fingerprint density at radius 1 is 0.351 bits per heavy atom. The number of hydrogen-bond acceptors (Lipinski definition) is 9. The lowest BCUT2D eigenvalue weighted by atomic mass is 10.0. The van der Waals surface area contributed by atoms with Gasteiger partial charge in [-0.2, -0.15) is 0 Å². The molecule has 0 unspecified atom stereocenters. The molecule has 0 N–H and O–H groups in total. The highest BCUT2D eigenvalue weighted by Gasteiger charge is 2.31. The van der Waals surface area contributed by atoms with E-state index in [1.807, 2.05) is 127 Å². The maximum absolute atomic E-state index is 13.3. The van der Waals surface area contributed by atoms with Crippen LogP contribution in [0.3, 0.4) is 0 Å². The van der Waals surface area contributed by atoms with Gasteiger partial charge >= 0.3 is 17.9 Å². The van der Waals surface area contributed by atoms with Gasteiger partial charge in [-0.1, -0.05) is 127 Å². The molecule has 270 valence electrons. The molecule has 9 nitrogen and oxygen atoms in total. The molecule has 3 heterocycles. The molecule has 0 saturated heterocycles. The Kier molecular flexibility index (Phi) is 8.04. The van der Waals surface area contributed by atoms with Gasteiger partial charge in [0.15, 0.2) is 17.1 Å². The van der Waals surface area contributed by atoms with Crippen LogP contribution in [0.5, 0.6) is 0 Å². The Balaban J connectivity index is 1.08. The van der Waals surface area contributed by atoms with Gasteiger partial charge in [-0.25, -0.2) is 29.4 Å². The predicted octanol–water partition coefficient (Wildman–Crippen LogP) is 9.18. The van der Waals surface area contributed by atoms with E-state index in [1.54, 1.807) is 36.4 Å². The number of carbonyl (C=O) groups excluding carboxylic acids is 3. The van der Waals surface area contributed by atoms with Gasteiger partial charge < -0.3 is 14.2 Å². The molecule has 3 aliphatic rings. The van der Waals surface area contributed by atoms with Crippen molar-refractivity contribution < 1.29 is 28.6 Å². The van der Waals surface area contributed by atoms with Crippen molar-refractivity contribution in [3.63, 3.8) is 0 Å². The summed E-state index contributed by atoms with van der Waals surface area (Å²) < 4.78 is 17.2. The van der Waals surface area contributed by atoms with Crippen LogP contribution in [0, 0.1) is 0 Å². The molecule has 0 radical (unpaired) electrons. The summed E-state index contributed by atoms with van der Waals surface area (Å²) in [5, 5.41) is 5.91. The zero-order chi connectivity index (χ0) is 38.5. The Morgan fingerprint density at radius 3 is 0.947 bits per heavy atom. The lowest BCUT2D eigenvalue weighted by molar-refractivity contribution is -0.130. The number of fused-ring (bicyclic) bond motifs is 3. The van der Waals surface area contributed by atoms with Gasteiger partial charge in [0.05, 0.1) is 0 Å². The summed E-state index contributed by atoms with van der Waals surface area (Å²) in [5.41, 5.74) is 3.72. The zero-order valence-corrected chi connectivity index (χ0v) is 29.9. The predicted molar refractivity (Wildman–Crippen MR) is 220 cm³/mol. The molecular weight excluding hydrogens is 715 g/mol. The number of aliphatic imine (C=N–C) groups is 3. The van der Waals surface area contributed by atoms with Gasteiger partial charge in [0.25, 0.3) is 0 Å². The van der Waals surface area contributed by atoms with Crippen LogP contribution in [0.1, 0.15) is 33.4 Å². The Morgan fingerprint density at radius 2 is 0.632 bits per heavy atom. The fourth-order valence-corrected chi connectivity index (χ4v) is 7.17. The molecule has 0 atom stereocenters. The maximum atomic E-state index is 13.3. The van der Waals surface area contributed by atoms with Crippen LogP contribution in [-0.4, -0.2) is 35.6 Å².